The number of hydrogen-bond donors (Lipinski definition) is 0. The summed E-state index contributed by atoms with van der Waals surface area (Å²) in [7, 11) is 0. The molecule has 0 N–H and O–H groups in total. The van der Waals surface area contributed by atoms with Crippen molar-refractivity contribution in [2.75, 3.05) is 0 Å². The minimum absolute atomic E-state index is 0.108. The molecule has 0 saturated heterocycles. The molecule has 0 spiro atoms. The lowest BCUT2D eigenvalue weighted by Gasteiger charge is -2.19. The Labute approximate surface area is 90.3 Å². The number of nitrogens with zero attached hydrogens (tertiary/aromatic N) is 1. The van der Waals surface area contributed by atoms with Gasteiger partial charge < -0.3 is 0 Å². The van der Waals surface area contributed by atoms with Crippen molar-refractivity contribution in [2.45, 2.75) is 31.1 Å². The van der Waals surface area contributed by atoms with Crippen LogP contribution in [-0.2, 0) is 0 Å². The lowest BCUT2D eigenvalue weighted by Crippen LogP contribution is -2.14. The van der Waals surface area contributed by atoms with Crippen molar-refractivity contribution >= 4 is 11.6 Å². The van der Waals surface area contributed by atoms with Crippen molar-refractivity contribution in [3.63, 3.8) is 0 Å². The molecular weight excluding hydrogens is 194 g/mol. The molecule has 0 radical (unpaired) electrons. The molecule has 0 saturated carbocycles. The van der Waals surface area contributed by atoms with Crippen molar-refractivity contribution in [3.8, 4) is 6.07 Å². The Hall–Kier alpha value is -1.00. The lowest BCUT2D eigenvalue weighted by atomic mass is 9.91. The smallest absolute Gasteiger partial charge is 0.0729 e. The first-order chi connectivity index (χ1) is 6.53. The van der Waals surface area contributed by atoms with Crippen LogP contribution in [-0.4, -0.2) is 4.87 Å². The van der Waals surface area contributed by atoms with Crippen LogP contribution in [0.5, 0.6) is 0 Å². The van der Waals surface area contributed by atoms with E-state index in [-0.39, 0.29) is 10.8 Å². The summed E-state index contributed by atoms with van der Waals surface area (Å²) in [4.78, 5) is -0.323. The van der Waals surface area contributed by atoms with E-state index in [0.29, 0.717) is 6.42 Å². The maximum absolute atomic E-state index is 9.03. The van der Waals surface area contributed by atoms with Crippen molar-refractivity contribution in [2.24, 2.45) is 0 Å². The van der Waals surface area contributed by atoms with Crippen LogP contribution in [0.3, 0.4) is 0 Å². The van der Waals surface area contributed by atoms with Crippen molar-refractivity contribution in [1.29, 1.82) is 5.26 Å². The molecule has 1 aromatic rings. The summed E-state index contributed by atoms with van der Waals surface area (Å²) in [6.45, 7) is 3.86. The molecule has 1 rings (SSSR count). The third kappa shape index (κ3) is 3.40. The highest BCUT2D eigenvalue weighted by molar-refractivity contribution is 6.23. The average Bonchev–Trinajstić information content (AvgIpc) is 2.14. The fourth-order valence-corrected chi connectivity index (χ4v) is 1.56. The van der Waals surface area contributed by atoms with Crippen LogP contribution in [0.15, 0.2) is 30.3 Å². The molecule has 74 valence electrons. The van der Waals surface area contributed by atoms with Crippen LogP contribution in [0.2, 0.25) is 0 Å². The van der Waals surface area contributed by atoms with Crippen LogP contribution in [0, 0.1) is 11.3 Å². The van der Waals surface area contributed by atoms with Crippen molar-refractivity contribution < 1.29 is 0 Å². The summed E-state index contributed by atoms with van der Waals surface area (Å²) in [5.41, 5.74) is 1.05. The van der Waals surface area contributed by atoms with E-state index in [1.807, 2.05) is 44.2 Å². The predicted octanol–water partition coefficient (Wildman–Crippen LogP) is 3.70. The standard InChI is InChI=1S/C12H14ClN/c1-12(2,13)8-11(9-14)10-6-4-3-5-7-10/h3-7,11H,8H2,1-2H3. The molecule has 1 nitrogen and oxygen atoms in total. The first kappa shape index (κ1) is 11.1. The molecule has 1 atom stereocenters. The Morgan fingerprint density at radius 2 is 1.93 bits per heavy atom. The van der Waals surface area contributed by atoms with Gasteiger partial charge in [0.05, 0.1) is 12.0 Å². The molecule has 1 unspecified atom stereocenters. The molecule has 1 aromatic carbocycles. The van der Waals surface area contributed by atoms with Gasteiger partial charge in [-0.1, -0.05) is 30.3 Å². The molecule has 0 aromatic heterocycles. The second-order valence-corrected chi connectivity index (χ2v) is 5.04. The fourth-order valence-electron chi connectivity index (χ4n) is 1.41. The third-order valence-corrected chi connectivity index (χ3v) is 2.20. The van der Waals surface area contributed by atoms with Gasteiger partial charge in [-0.2, -0.15) is 5.26 Å². The summed E-state index contributed by atoms with van der Waals surface area (Å²) in [6, 6.07) is 12.1. The summed E-state index contributed by atoms with van der Waals surface area (Å²) in [6.07, 6.45) is 0.676. The molecule has 0 aliphatic heterocycles. The predicted molar refractivity (Wildman–Crippen MR) is 59.3 cm³/mol. The van der Waals surface area contributed by atoms with Gasteiger partial charge in [0.15, 0.2) is 0 Å². The van der Waals surface area contributed by atoms with Gasteiger partial charge in [-0.25, -0.2) is 0 Å². The number of hydrogen-bond acceptors (Lipinski definition) is 1. The van der Waals surface area contributed by atoms with E-state index in [0.717, 1.165) is 5.56 Å². The van der Waals surface area contributed by atoms with Crippen LogP contribution < -0.4 is 0 Å². The van der Waals surface area contributed by atoms with Crippen LogP contribution >= 0.6 is 11.6 Å². The fraction of sp³-hybridized carbons (Fsp3) is 0.417. The van der Waals surface area contributed by atoms with E-state index in [2.05, 4.69) is 6.07 Å². The van der Waals surface area contributed by atoms with E-state index in [4.69, 9.17) is 16.9 Å². The molecular formula is C12H14ClN. The van der Waals surface area contributed by atoms with Gasteiger partial charge in [0, 0.05) is 4.87 Å². The third-order valence-electron chi connectivity index (χ3n) is 2.05. The normalized spacial score (nSPS) is 13.3. The largest absolute Gasteiger partial charge is 0.198 e. The van der Waals surface area contributed by atoms with Crippen LogP contribution in [0.1, 0.15) is 31.7 Å². The summed E-state index contributed by atoms with van der Waals surface area (Å²) < 4.78 is 0. The zero-order valence-electron chi connectivity index (χ0n) is 8.50. The molecule has 2 heteroatoms. The van der Waals surface area contributed by atoms with Gasteiger partial charge >= 0.3 is 0 Å². The first-order valence-electron chi connectivity index (χ1n) is 4.66. The first-order valence-corrected chi connectivity index (χ1v) is 5.04. The Morgan fingerprint density at radius 1 is 1.36 bits per heavy atom. The Morgan fingerprint density at radius 3 is 2.36 bits per heavy atom. The summed E-state index contributed by atoms with van der Waals surface area (Å²) in [5, 5.41) is 9.03. The molecule has 0 aliphatic carbocycles. The number of alkyl halides is 1. The zero-order chi connectivity index (χ0) is 10.6. The highest BCUT2D eigenvalue weighted by atomic mass is 35.5. The van der Waals surface area contributed by atoms with E-state index >= 15 is 0 Å². The maximum atomic E-state index is 9.03. The second kappa shape index (κ2) is 4.48. The van der Waals surface area contributed by atoms with Gasteiger partial charge in [-0.15, -0.1) is 11.6 Å². The van der Waals surface area contributed by atoms with Crippen molar-refractivity contribution in [3.05, 3.63) is 35.9 Å². The minimum atomic E-state index is -0.323. The van der Waals surface area contributed by atoms with Crippen molar-refractivity contribution in [1.82, 2.24) is 0 Å². The van der Waals surface area contributed by atoms with Gasteiger partial charge in [0.25, 0.3) is 0 Å². The van der Waals surface area contributed by atoms with E-state index in [9.17, 15) is 0 Å². The number of benzene rings is 1. The molecule has 0 amide bonds. The van der Waals surface area contributed by atoms with Gasteiger partial charge in [-0.3, -0.25) is 0 Å². The highest BCUT2D eigenvalue weighted by Gasteiger charge is 2.21. The summed E-state index contributed by atoms with van der Waals surface area (Å²) in [5.74, 6) is -0.108. The quantitative estimate of drug-likeness (QED) is 0.694. The maximum Gasteiger partial charge on any atom is 0.0729 e. The monoisotopic (exact) mass is 207 g/mol. The Kier molecular flexibility index (Phi) is 3.55. The lowest BCUT2D eigenvalue weighted by molar-refractivity contribution is 0.592. The van der Waals surface area contributed by atoms with E-state index < -0.39 is 0 Å². The average molecular weight is 208 g/mol. The topological polar surface area (TPSA) is 23.8 Å². The van der Waals surface area contributed by atoms with Crippen LogP contribution in [0.25, 0.3) is 0 Å². The summed E-state index contributed by atoms with van der Waals surface area (Å²) >= 11 is 6.11. The number of halogens is 1. The molecule has 0 heterocycles. The van der Waals surface area contributed by atoms with E-state index in [1.165, 1.54) is 0 Å². The van der Waals surface area contributed by atoms with Gasteiger partial charge in [-0.05, 0) is 25.8 Å². The molecule has 0 fully saturated rings. The highest BCUT2D eigenvalue weighted by Crippen LogP contribution is 2.29. The molecule has 0 bridgehead atoms. The van der Waals surface area contributed by atoms with E-state index in [1.54, 1.807) is 0 Å². The Bertz CT molecular complexity index is 318. The van der Waals surface area contributed by atoms with Gasteiger partial charge in [0.2, 0.25) is 0 Å². The number of rotatable bonds is 3. The molecule has 14 heavy (non-hydrogen) atoms. The van der Waals surface area contributed by atoms with Gasteiger partial charge in [0.1, 0.15) is 0 Å². The molecule has 0 aliphatic rings. The second-order valence-electron chi connectivity index (χ2n) is 4.02. The van der Waals surface area contributed by atoms with Crippen LogP contribution in [0.4, 0.5) is 0 Å². The number of nitriles is 1. The SMILES string of the molecule is CC(C)(Cl)CC(C#N)c1ccccc1. The minimum Gasteiger partial charge on any atom is -0.198 e. The Balaban J connectivity index is 2.80. The zero-order valence-corrected chi connectivity index (χ0v) is 9.25.